The van der Waals surface area contributed by atoms with Crippen LogP contribution in [-0.2, 0) is 6.54 Å². The van der Waals surface area contributed by atoms with E-state index >= 15 is 0 Å². The van der Waals surface area contributed by atoms with Crippen LogP contribution in [-0.4, -0.2) is 17.0 Å². The van der Waals surface area contributed by atoms with Gasteiger partial charge in [0.05, 0.1) is 5.56 Å². The molecule has 0 saturated heterocycles. The molecular weight excluding hydrogens is 344 g/mol. The van der Waals surface area contributed by atoms with Crippen LogP contribution in [0.4, 0.5) is 0 Å². The quantitative estimate of drug-likeness (QED) is 0.571. The summed E-state index contributed by atoms with van der Waals surface area (Å²) in [6, 6.07) is 8.76. The van der Waals surface area contributed by atoms with E-state index in [0.717, 1.165) is 43.1 Å². The number of aromatic nitrogens is 1. The zero-order valence-corrected chi connectivity index (χ0v) is 18.1. The normalized spacial score (nSPS) is 15.0. The molecule has 2 aromatic rings. The summed E-state index contributed by atoms with van der Waals surface area (Å²) in [6.45, 7) is 10.4. The van der Waals surface area contributed by atoms with Crippen LogP contribution in [0.2, 0.25) is 0 Å². The van der Waals surface area contributed by atoms with Gasteiger partial charge in [-0.15, -0.1) is 0 Å². The molecule has 0 atom stereocenters. The molecule has 1 saturated carbocycles. The van der Waals surface area contributed by atoms with Crippen molar-refractivity contribution in [1.82, 2.24) is 9.88 Å². The maximum Gasteiger partial charge on any atom is 0.253 e. The van der Waals surface area contributed by atoms with Crippen LogP contribution in [0.3, 0.4) is 0 Å². The van der Waals surface area contributed by atoms with E-state index in [2.05, 4.69) is 61.8 Å². The molecule has 1 aromatic heterocycles. The second-order valence-electron chi connectivity index (χ2n) is 8.57. The van der Waals surface area contributed by atoms with E-state index in [1.165, 1.54) is 54.5 Å². The Balaban J connectivity index is 1.97. The monoisotopic (exact) mass is 380 g/mol. The Bertz CT molecular complexity index is 812. The van der Waals surface area contributed by atoms with Crippen molar-refractivity contribution in [3.63, 3.8) is 0 Å². The van der Waals surface area contributed by atoms with Crippen molar-refractivity contribution < 1.29 is 4.79 Å². The predicted octanol–water partition coefficient (Wildman–Crippen LogP) is 6.19. The minimum Gasteiger partial charge on any atom is -0.352 e. The van der Waals surface area contributed by atoms with Crippen LogP contribution in [0.5, 0.6) is 0 Å². The number of amides is 1. The first kappa shape index (κ1) is 20.7. The van der Waals surface area contributed by atoms with E-state index in [0.29, 0.717) is 0 Å². The number of benzene rings is 1. The van der Waals surface area contributed by atoms with Crippen LogP contribution in [0.25, 0.3) is 11.3 Å². The number of aryl methyl sites for hydroxylation is 2. The van der Waals surface area contributed by atoms with Crippen molar-refractivity contribution in [2.24, 2.45) is 5.92 Å². The van der Waals surface area contributed by atoms with Crippen molar-refractivity contribution in [3.8, 4) is 11.3 Å². The van der Waals surface area contributed by atoms with Gasteiger partial charge in [-0.25, -0.2) is 0 Å². The van der Waals surface area contributed by atoms with Gasteiger partial charge in [-0.05, 0) is 57.6 Å². The molecule has 1 N–H and O–H groups in total. The van der Waals surface area contributed by atoms with Gasteiger partial charge >= 0.3 is 0 Å². The molecule has 1 heterocycles. The molecule has 3 rings (SSSR count). The highest BCUT2D eigenvalue weighted by Gasteiger charge is 2.22. The maximum absolute atomic E-state index is 12.8. The molecule has 0 unspecified atom stereocenters. The largest absolute Gasteiger partial charge is 0.352 e. The third-order valence-corrected chi connectivity index (χ3v) is 6.25. The summed E-state index contributed by atoms with van der Waals surface area (Å²) in [5, 5.41) is 3.11. The smallest absolute Gasteiger partial charge is 0.253 e. The Morgan fingerprint density at radius 3 is 2.54 bits per heavy atom. The van der Waals surface area contributed by atoms with Crippen LogP contribution < -0.4 is 5.32 Å². The van der Waals surface area contributed by atoms with Gasteiger partial charge in [0.1, 0.15) is 0 Å². The van der Waals surface area contributed by atoms with Gasteiger partial charge in [0.25, 0.3) is 5.91 Å². The lowest BCUT2D eigenvalue weighted by molar-refractivity contribution is 0.0952. The molecule has 1 fully saturated rings. The summed E-state index contributed by atoms with van der Waals surface area (Å²) in [6.07, 6.45) is 8.79. The van der Waals surface area contributed by atoms with Crippen molar-refractivity contribution >= 4 is 5.91 Å². The van der Waals surface area contributed by atoms with E-state index in [1.807, 2.05) is 0 Å². The summed E-state index contributed by atoms with van der Waals surface area (Å²) in [7, 11) is 0. The van der Waals surface area contributed by atoms with Crippen LogP contribution in [0.1, 0.15) is 79.0 Å². The van der Waals surface area contributed by atoms with E-state index in [-0.39, 0.29) is 5.91 Å². The molecular formula is C25H36N2O. The molecule has 0 radical (unpaired) electrons. The molecule has 0 spiro atoms. The fourth-order valence-corrected chi connectivity index (χ4v) is 4.54. The number of carbonyl (C=O) groups excluding carboxylic acids is 1. The first-order valence-electron chi connectivity index (χ1n) is 11.1. The molecule has 1 aliphatic rings. The number of unbranched alkanes of at least 4 members (excludes halogenated alkanes) is 1. The number of hydrogen-bond donors (Lipinski definition) is 1. The van der Waals surface area contributed by atoms with E-state index in [9.17, 15) is 4.79 Å². The minimum absolute atomic E-state index is 0.0689. The topological polar surface area (TPSA) is 34.0 Å². The summed E-state index contributed by atoms with van der Waals surface area (Å²) < 4.78 is 2.42. The number of rotatable bonds is 7. The standard InChI is InChI=1S/C25H36N2O/c1-5-6-14-26-25(28)23-16-24(22-13-12-18(2)15-19(22)3)27(20(23)4)17-21-10-8-7-9-11-21/h12-13,15-16,21H,5-11,14,17H2,1-4H3,(H,26,28). The molecule has 1 aliphatic carbocycles. The highest BCUT2D eigenvalue weighted by Crippen LogP contribution is 2.33. The summed E-state index contributed by atoms with van der Waals surface area (Å²) in [4.78, 5) is 12.8. The Kier molecular flexibility index (Phi) is 6.98. The molecule has 0 aliphatic heterocycles. The van der Waals surface area contributed by atoms with E-state index < -0.39 is 0 Å². The summed E-state index contributed by atoms with van der Waals surface area (Å²) in [5.41, 5.74) is 6.94. The van der Waals surface area contributed by atoms with Crippen molar-refractivity contribution in [2.75, 3.05) is 6.54 Å². The van der Waals surface area contributed by atoms with Gasteiger partial charge in [-0.2, -0.15) is 0 Å². The van der Waals surface area contributed by atoms with Crippen LogP contribution in [0, 0.1) is 26.7 Å². The molecule has 1 aromatic carbocycles. The number of carbonyl (C=O) groups is 1. The third-order valence-electron chi connectivity index (χ3n) is 6.25. The second-order valence-corrected chi connectivity index (χ2v) is 8.57. The molecule has 3 heteroatoms. The first-order valence-corrected chi connectivity index (χ1v) is 11.1. The Hall–Kier alpha value is -2.03. The zero-order valence-electron chi connectivity index (χ0n) is 18.1. The summed E-state index contributed by atoms with van der Waals surface area (Å²) in [5.74, 6) is 0.791. The number of nitrogens with zero attached hydrogens (tertiary/aromatic N) is 1. The number of nitrogens with one attached hydrogen (secondary N) is 1. The molecule has 0 bridgehead atoms. The average Bonchev–Trinajstić information content (AvgIpc) is 2.99. The lowest BCUT2D eigenvalue weighted by atomic mass is 9.89. The van der Waals surface area contributed by atoms with Gasteiger partial charge in [0.2, 0.25) is 0 Å². The number of hydrogen-bond acceptors (Lipinski definition) is 1. The zero-order chi connectivity index (χ0) is 20.1. The fraction of sp³-hybridized carbons (Fsp3) is 0.560. The van der Waals surface area contributed by atoms with Gasteiger partial charge in [-0.1, -0.05) is 56.4 Å². The molecule has 1 amide bonds. The highest BCUT2D eigenvalue weighted by atomic mass is 16.1. The molecule has 28 heavy (non-hydrogen) atoms. The van der Waals surface area contributed by atoms with Gasteiger partial charge < -0.3 is 9.88 Å². The highest BCUT2D eigenvalue weighted by molar-refractivity contribution is 5.97. The van der Waals surface area contributed by atoms with Crippen molar-refractivity contribution in [1.29, 1.82) is 0 Å². The van der Waals surface area contributed by atoms with Crippen molar-refractivity contribution in [3.05, 3.63) is 46.6 Å². The molecule has 152 valence electrons. The maximum atomic E-state index is 12.8. The van der Waals surface area contributed by atoms with Crippen LogP contribution in [0.15, 0.2) is 24.3 Å². The van der Waals surface area contributed by atoms with Gasteiger partial charge in [-0.3, -0.25) is 4.79 Å². The Morgan fingerprint density at radius 1 is 1.11 bits per heavy atom. The van der Waals surface area contributed by atoms with E-state index in [1.54, 1.807) is 0 Å². The predicted molar refractivity (Wildman–Crippen MR) is 118 cm³/mol. The van der Waals surface area contributed by atoms with Gasteiger partial charge in [0.15, 0.2) is 0 Å². The van der Waals surface area contributed by atoms with E-state index in [4.69, 9.17) is 0 Å². The lowest BCUT2D eigenvalue weighted by Crippen LogP contribution is -2.25. The Labute approximate surface area is 170 Å². The van der Waals surface area contributed by atoms with Crippen molar-refractivity contribution in [2.45, 2.75) is 79.2 Å². The fourth-order valence-electron chi connectivity index (χ4n) is 4.54. The summed E-state index contributed by atoms with van der Waals surface area (Å²) >= 11 is 0. The Morgan fingerprint density at radius 2 is 1.86 bits per heavy atom. The second kappa shape index (κ2) is 9.45. The minimum atomic E-state index is 0.0689. The third kappa shape index (κ3) is 4.68. The first-order chi connectivity index (χ1) is 13.5. The average molecular weight is 381 g/mol. The lowest BCUT2D eigenvalue weighted by Gasteiger charge is -2.24. The molecule has 3 nitrogen and oxygen atoms in total. The van der Waals surface area contributed by atoms with Crippen LogP contribution >= 0.6 is 0 Å². The SMILES string of the molecule is CCCCNC(=O)c1cc(-c2ccc(C)cc2C)n(CC2CCCCC2)c1C. The van der Waals surface area contributed by atoms with Gasteiger partial charge in [0, 0.05) is 30.0 Å².